The highest BCUT2D eigenvalue weighted by molar-refractivity contribution is 9.10. The summed E-state index contributed by atoms with van der Waals surface area (Å²) in [6.07, 6.45) is 2.46. The Morgan fingerprint density at radius 2 is 1.89 bits per heavy atom. The number of hydrogen-bond acceptors (Lipinski definition) is 4. The van der Waals surface area contributed by atoms with Gasteiger partial charge in [0.05, 0.1) is 16.8 Å². The number of benzene rings is 2. The van der Waals surface area contributed by atoms with Crippen LogP contribution >= 0.6 is 15.9 Å². The van der Waals surface area contributed by atoms with Crippen LogP contribution in [0.1, 0.15) is 28.8 Å². The van der Waals surface area contributed by atoms with Crippen LogP contribution in [-0.4, -0.2) is 22.0 Å². The molecule has 1 aliphatic rings. The summed E-state index contributed by atoms with van der Waals surface area (Å²) in [7, 11) is 0. The average Bonchev–Trinajstić information content (AvgIpc) is 3.52. The van der Waals surface area contributed by atoms with Crippen molar-refractivity contribution in [2.24, 2.45) is 5.92 Å². The van der Waals surface area contributed by atoms with Crippen LogP contribution in [0.4, 0.5) is 16.2 Å². The summed E-state index contributed by atoms with van der Waals surface area (Å²) in [5.74, 6) is 0.218. The predicted molar refractivity (Wildman–Crippen MR) is 111 cm³/mol. The van der Waals surface area contributed by atoms with E-state index in [1.165, 1.54) is 0 Å². The highest BCUT2D eigenvalue weighted by Gasteiger charge is 2.32. The fraction of sp³-hybridized carbons (Fsp3) is 0.190. The van der Waals surface area contributed by atoms with E-state index in [2.05, 4.69) is 31.5 Å². The van der Waals surface area contributed by atoms with Gasteiger partial charge in [0.2, 0.25) is 0 Å². The summed E-state index contributed by atoms with van der Waals surface area (Å²) in [6.45, 7) is 0.242. The smallest absolute Gasteiger partial charge is 0.404 e. The number of halogens is 1. The molecule has 142 valence electrons. The number of fused-ring (bicyclic) bond motifs is 1. The minimum Gasteiger partial charge on any atom is -0.465 e. The second-order valence-electron chi connectivity index (χ2n) is 6.83. The molecule has 1 fully saturated rings. The zero-order valence-corrected chi connectivity index (χ0v) is 16.5. The van der Waals surface area contributed by atoms with E-state index in [1.807, 2.05) is 42.5 Å². The topological polar surface area (TPSA) is 91.3 Å². The molecule has 3 aromatic rings. The molecule has 0 saturated heterocycles. The SMILES string of the molecule is O=C(O)NCc1ccc(Nc2c(C(=O)C3CC3)cnc3ccc(Br)cc23)cc1. The van der Waals surface area contributed by atoms with Crippen LogP contribution in [-0.2, 0) is 6.54 Å². The quantitative estimate of drug-likeness (QED) is 0.464. The molecule has 2 aromatic carbocycles. The van der Waals surface area contributed by atoms with Crippen molar-refractivity contribution in [1.29, 1.82) is 0 Å². The number of anilines is 2. The number of aromatic nitrogens is 1. The van der Waals surface area contributed by atoms with Crippen LogP contribution in [0.3, 0.4) is 0 Å². The second kappa shape index (κ2) is 7.59. The van der Waals surface area contributed by atoms with E-state index in [0.717, 1.165) is 45.2 Å². The van der Waals surface area contributed by atoms with Crippen molar-refractivity contribution >= 4 is 50.1 Å². The number of Topliss-reactive ketones (excluding diaryl/α,β-unsaturated/α-hetero) is 1. The number of hydrogen-bond donors (Lipinski definition) is 3. The molecule has 1 heterocycles. The number of amides is 1. The Labute approximate surface area is 170 Å². The standard InChI is InChI=1S/C21H18BrN3O3/c22-14-5-8-18-16(9-14)19(17(11-23-18)20(26)13-3-4-13)25-15-6-1-12(2-7-15)10-24-21(27)28/h1-2,5-9,11,13,24H,3-4,10H2,(H,23,25)(H,27,28). The normalized spacial score (nSPS) is 13.3. The van der Waals surface area contributed by atoms with Gasteiger partial charge >= 0.3 is 6.09 Å². The summed E-state index contributed by atoms with van der Waals surface area (Å²) in [4.78, 5) is 27.9. The predicted octanol–water partition coefficient (Wildman–Crippen LogP) is 5.10. The van der Waals surface area contributed by atoms with Gasteiger partial charge in [-0.15, -0.1) is 0 Å². The number of pyridine rings is 1. The molecule has 1 saturated carbocycles. The van der Waals surface area contributed by atoms with Crippen LogP contribution < -0.4 is 10.6 Å². The van der Waals surface area contributed by atoms with Gasteiger partial charge in [0.15, 0.2) is 5.78 Å². The molecule has 0 aliphatic heterocycles. The fourth-order valence-corrected chi connectivity index (χ4v) is 3.44. The van der Waals surface area contributed by atoms with Gasteiger partial charge in [-0.3, -0.25) is 9.78 Å². The van der Waals surface area contributed by atoms with Crippen molar-refractivity contribution in [1.82, 2.24) is 10.3 Å². The zero-order valence-electron chi connectivity index (χ0n) is 14.9. The minimum absolute atomic E-state index is 0.0939. The first-order chi connectivity index (χ1) is 13.5. The monoisotopic (exact) mass is 439 g/mol. The molecule has 3 N–H and O–H groups in total. The number of nitrogens with zero attached hydrogens (tertiary/aromatic N) is 1. The summed E-state index contributed by atoms with van der Waals surface area (Å²) in [5.41, 5.74) is 3.82. The minimum atomic E-state index is -1.06. The van der Waals surface area contributed by atoms with Crippen LogP contribution in [0, 0.1) is 5.92 Å². The highest BCUT2D eigenvalue weighted by atomic mass is 79.9. The lowest BCUT2D eigenvalue weighted by Crippen LogP contribution is -2.19. The summed E-state index contributed by atoms with van der Waals surface area (Å²) in [5, 5.41) is 15.3. The Bertz CT molecular complexity index is 1060. The van der Waals surface area contributed by atoms with E-state index < -0.39 is 6.09 Å². The van der Waals surface area contributed by atoms with Crippen LogP contribution in [0.2, 0.25) is 0 Å². The molecule has 1 aromatic heterocycles. The van der Waals surface area contributed by atoms with Crippen molar-refractivity contribution in [3.05, 3.63) is 64.3 Å². The maximum Gasteiger partial charge on any atom is 0.404 e. The molecule has 0 radical (unpaired) electrons. The zero-order chi connectivity index (χ0) is 19.7. The maximum absolute atomic E-state index is 12.8. The van der Waals surface area contributed by atoms with Crippen LogP contribution in [0.5, 0.6) is 0 Å². The van der Waals surface area contributed by atoms with E-state index >= 15 is 0 Å². The first kappa shape index (κ1) is 18.4. The lowest BCUT2D eigenvalue weighted by atomic mass is 10.0. The molecule has 0 atom stereocenters. The maximum atomic E-state index is 12.8. The number of carbonyl (C=O) groups is 2. The van der Waals surface area contributed by atoms with Gasteiger partial charge in [-0.1, -0.05) is 28.1 Å². The summed E-state index contributed by atoms with van der Waals surface area (Å²) in [6, 6.07) is 13.2. The summed E-state index contributed by atoms with van der Waals surface area (Å²) >= 11 is 3.50. The van der Waals surface area contributed by atoms with Gasteiger partial charge in [0, 0.05) is 34.2 Å². The molecule has 7 heteroatoms. The second-order valence-corrected chi connectivity index (χ2v) is 7.74. The highest BCUT2D eigenvalue weighted by Crippen LogP contribution is 2.38. The molecular formula is C21H18BrN3O3. The summed E-state index contributed by atoms with van der Waals surface area (Å²) < 4.78 is 0.913. The Morgan fingerprint density at radius 3 is 2.57 bits per heavy atom. The van der Waals surface area contributed by atoms with Gasteiger partial charge in [-0.2, -0.15) is 0 Å². The number of carboxylic acid groups (broad SMARTS) is 1. The van der Waals surface area contributed by atoms with Crippen molar-refractivity contribution in [2.75, 3.05) is 5.32 Å². The molecule has 1 amide bonds. The molecule has 28 heavy (non-hydrogen) atoms. The largest absolute Gasteiger partial charge is 0.465 e. The van der Waals surface area contributed by atoms with E-state index in [9.17, 15) is 9.59 Å². The molecule has 4 rings (SSSR count). The van der Waals surface area contributed by atoms with E-state index in [-0.39, 0.29) is 18.2 Å². The Morgan fingerprint density at radius 1 is 1.14 bits per heavy atom. The van der Waals surface area contributed by atoms with Gasteiger partial charge in [0.1, 0.15) is 0 Å². The fourth-order valence-electron chi connectivity index (χ4n) is 3.08. The van der Waals surface area contributed by atoms with Crippen LogP contribution in [0.25, 0.3) is 10.9 Å². The third-order valence-electron chi connectivity index (χ3n) is 4.71. The third-order valence-corrected chi connectivity index (χ3v) is 5.20. The molecule has 0 unspecified atom stereocenters. The number of nitrogens with one attached hydrogen (secondary N) is 2. The van der Waals surface area contributed by atoms with Gasteiger partial charge in [0.25, 0.3) is 0 Å². The molecule has 0 spiro atoms. The molecular weight excluding hydrogens is 422 g/mol. The number of rotatable bonds is 6. The first-order valence-corrected chi connectivity index (χ1v) is 9.76. The van der Waals surface area contributed by atoms with Crippen molar-refractivity contribution in [2.45, 2.75) is 19.4 Å². The molecule has 0 bridgehead atoms. The van der Waals surface area contributed by atoms with Crippen LogP contribution in [0.15, 0.2) is 53.1 Å². The van der Waals surface area contributed by atoms with E-state index in [0.29, 0.717) is 5.56 Å². The van der Waals surface area contributed by atoms with Gasteiger partial charge < -0.3 is 15.7 Å². The molecule has 6 nitrogen and oxygen atoms in total. The number of ketones is 1. The van der Waals surface area contributed by atoms with Crippen molar-refractivity contribution in [3.8, 4) is 0 Å². The first-order valence-electron chi connectivity index (χ1n) is 8.96. The Kier molecular flexibility index (Phi) is 5.00. The number of carbonyl (C=O) groups excluding carboxylic acids is 1. The Hall–Kier alpha value is -2.93. The van der Waals surface area contributed by atoms with E-state index in [4.69, 9.17) is 5.11 Å². The van der Waals surface area contributed by atoms with E-state index in [1.54, 1.807) is 6.20 Å². The lowest BCUT2D eigenvalue weighted by molar-refractivity contribution is 0.0968. The third kappa shape index (κ3) is 3.99. The Balaban J connectivity index is 1.69. The lowest BCUT2D eigenvalue weighted by Gasteiger charge is -2.15. The average molecular weight is 440 g/mol. The molecule has 1 aliphatic carbocycles. The van der Waals surface area contributed by atoms with Crippen molar-refractivity contribution < 1.29 is 14.7 Å². The van der Waals surface area contributed by atoms with Crippen molar-refractivity contribution in [3.63, 3.8) is 0 Å². The van der Waals surface area contributed by atoms with Gasteiger partial charge in [-0.05, 0) is 48.7 Å². The van der Waals surface area contributed by atoms with Gasteiger partial charge in [-0.25, -0.2) is 4.79 Å².